The van der Waals surface area contributed by atoms with Crippen molar-refractivity contribution in [1.29, 1.82) is 0 Å². The molecule has 0 aromatic carbocycles. The van der Waals surface area contributed by atoms with Crippen LogP contribution in [-0.4, -0.2) is 11.9 Å². The van der Waals surface area contributed by atoms with E-state index in [1.807, 2.05) is 0 Å². The minimum Gasteiger partial charge on any atom is -0.354 e. The van der Waals surface area contributed by atoms with Crippen molar-refractivity contribution in [3.8, 4) is 0 Å². The van der Waals surface area contributed by atoms with Crippen LogP contribution in [0.25, 0.3) is 0 Å². The Kier molecular flexibility index (Phi) is 9.65. The van der Waals surface area contributed by atoms with Gasteiger partial charge in [-0.3, -0.25) is 4.79 Å². The SMILES string of the molecule is CCCCCCC(C)NC(=O)CCCC. The van der Waals surface area contributed by atoms with Crippen molar-refractivity contribution in [2.45, 2.75) is 78.2 Å². The smallest absolute Gasteiger partial charge is 0.220 e. The number of hydrogen-bond acceptors (Lipinski definition) is 1. The van der Waals surface area contributed by atoms with Gasteiger partial charge in [-0.2, -0.15) is 0 Å². The molecule has 0 rings (SSSR count). The molecule has 2 heteroatoms. The van der Waals surface area contributed by atoms with Crippen molar-refractivity contribution >= 4 is 5.91 Å². The first-order valence-electron chi connectivity index (χ1n) is 6.50. The highest BCUT2D eigenvalue weighted by molar-refractivity contribution is 5.76. The zero-order chi connectivity index (χ0) is 11.5. The average molecular weight is 213 g/mol. The lowest BCUT2D eigenvalue weighted by Crippen LogP contribution is -2.32. The number of rotatable bonds is 9. The lowest BCUT2D eigenvalue weighted by atomic mass is 10.1. The van der Waals surface area contributed by atoms with E-state index in [0.29, 0.717) is 12.5 Å². The lowest BCUT2D eigenvalue weighted by Gasteiger charge is -2.13. The van der Waals surface area contributed by atoms with Crippen LogP contribution < -0.4 is 5.32 Å². The number of nitrogens with one attached hydrogen (secondary N) is 1. The molecule has 0 fully saturated rings. The molecule has 0 radical (unpaired) electrons. The summed E-state index contributed by atoms with van der Waals surface area (Å²) in [5, 5.41) is 3.05. The first-order chi connectivity index (χ1) is 7.20. The van der Waals surface area contributed by atoms with E-state index in [1.54, 1.807) is 0 Å². The van der Waals surface area contributed by atoms with Gasteiger partial charge in [-0.25, -0.2) is 0 Å². The maximum Gasteiger partial charge on any atom is 0.220 e. The third-order valence-electron chi connectivity index (χ3n) is 2.66. The van der Waals surface area contributed by atoms with E-state index in [1.165, 1.54) is 25.7 Å². The molecular weight excluding hydrogens is 186 g/mol. The van der Waals surface area contributed by atoms with E-state index in [2.05, 4.69) is 26.1 Å². The van der Waals surface area contributed by atoms with Crippen molar-refractivity contribution in [3.63, 3.8) is 0 Å². The summed E-state index contributed by atoms with van der Waals surface area (Å²) < 4.78 is 0. The van der Waals surface area contributed by atoms with Crippen molar-refractivity contribution in [1.82, 2.24) is 5.32 Å². The van der Waals surface area contributed by atoms with E-state index in [0.717, 1.165) is 19.3 Å². The Morgan fingerprint density at radius 1 is 1.07 bits per heavy atom. The van der Waals surface area contributed by atoms with Crippen molar-refractivity contribution in [2.24, 2.45) is 0 Å². The second kappa shape index (κ2) is 10.0. The molecule has 0 aliphatic carbocycles. The molecule has 0 saturated heterocycles. The van der Waals surface area contributed by atoms with Crippen molar-refractivity contribution < 1.29 is 4.79 Å². The molecule has 0 bridgehead atoms. The number of unbranched alkanes of at least 4 members (excludes halogenated alkanes) is 4. The van der Waals surface area contributed by atoms with E-state index < -0.39 is 0 Å². The van der Waals surface area contributed by atoms with Gasteiger partial charge in [-0.05, 0) is 19.8 Å². The van der Waals surface area contributed by atoms with Crippen LogP contribution in [0.1, 0.15) is 72.1 Å². The predicted octanol–water partition coefficient (Wildman–Crippen LogP) is 3.65. The van der Waals surface area contributed by atoms with Gasteiger partial charge in [0.2, 0.25) is 5.91 Å². The van der Waals surface area contributed by atoms with Gasteiger partial charge >= 0.3 is 0 Å². The van der Waals surface area contributed by atoms with Gasteiger partial charge < -0.3 is 5.32 Å². The fraction of sp³-hybridized carbons (Fsp3) is 0.923. The van der Waals surface area contributed by atoms with Crippen LogP contribution in [0.2, 0.25) is 0 Å². The number of carbonyl (C=O) groups excluding carboxylic acids is 1. The quantitative estimate of drug-likeness (QED) is 0.582. The average Bonchev–Trinajstić information content (AvgIpc) is 2.21. The van der Waals surface area contributed by atoms with Gasteiger partial charge in [0, 0.05) is 12.5 Å². The monoisotopic (exact) mass is 213 g/mol. The summed E-state index contributed by atoms with van der Waals surface area (Å²) in [6.07, 6.45) is 9.04. The van der Waals surface area contributed by atoms with Crippen molar-refractivity contribution in [2.75, 3.05) is 0 Å². The zero-order valence-electron chi connectivity index (χ0n) is 10.6. The second-order valence-electron chi connectivity index (χ2n) is 4.42. The molecule has 1 N–H and O–H groups in total. The molecule has 1 atom stereocenters. The largest absolute Gasteiger partial charge is 0.354 e. The van der Waals surface area contributed by atoms with Crippen LogP contribution in [0.15, 0.2) is 0 Å². The van der Waals surface area contributed by atoms with Gasteiger partial charge in [-0.15, -0.1) is 0 Å². The number of carbonyl (C=O) groups is 1. The van der Waals surface area contributed by atoms with E-state index in [-0.39, 0.29) is 5.91 Å². The highest BCUT2D eigenvalue weighted by Crippen LogP contribution is 2.05. The summed E-state index contributed by atoms with van der Waals surface area (Å²) in [4.78, 5) is 11.4. The molecule has 2 nitrogen and oxygen atoms in total. The van der Waals surface area contributed by atoms with Crippen LogP contribution >= 0.6 is 0 Å². The first-order valence-corrected chi connectivity index (χ1v) is 6.50. The Hall–Kier alpha value is -0.530. The molecule has 0 spiro atoms. The van der Waals surface area contributed by atoms with Gasteiger partial charge in [0.25, 0.3) is 0 Å². The molecule has 0 heterocycles. The molecule has 0 saturated carbocycles. The van der Waals surface area contributed by atoms with E-state index in [4.69, 9.17) is 0 Å². The molecular formula is C13H27NO. The topological polar surface area (TPSA) is 29.1 Å². The van der Waals surface area contributed by atoms with Crippen molar-refractivity contribution in [3.05, 3.63) is 0 Å². The molecule has 90 valence electrons. The van der Waals surface area contributed by atoms with E-state index >= 15 is 0 Å². The standard InChI is InChI=1S/C13H27NO/c1-4-6-8-9-10-12(3)14-13(15)11-7-5-2/h12H,4-11H2,1-3H3,(H,14,15). The van der Waals surface area contributed by atoms with Gasteiger partial charge in [0.15, 0.2) is 0 Å². The van der Waals surface area contributed by atoms with Gasteiger partial charge in [0.05, 0.1) is 0 Å². The van der Waals surface area contributed by atoms with Crippen LogP contribution in [0, 0.1) is 0 Å². The summed E-state index contributed by atoms with van der Waals surface area (Å²) in [5.74, 6) is 0.222. The predicted molar refractivity (Wildman–Crippen MR) is 65.9 cm³/mol. The molecule has 0 aromatic heterocycles. The minimum absolute atomic E-state index is 0.222. The maximum absolute atomic E-state index is 11.4. The fourth-order valence-electron chi connectivity index (χ4n) is 1.63. The molecule has 1 amide bonds. The summed E-state index contributed by atoms with van der Waals surface area (Å²) in [7, 11) is 0. The highest BCUT2D eigenvalue weighted by Gasteiger charge is 2.05. The third-order valence-corrected chi connectivity index (χ3v) is 2.66. The molecule has 1 unspecified atom stereocenters. The molecule has 0 aliphatic heterocycles. The van der Waals surface area contributed by atoms with Gasteiger partial charge in [-0.1, -0.05) is 46.0 Å². The first kappa shape index (κ1) is 14.5. The number of amides is 1. The van der Waals surface area contributed by atoms with E-state index in [9.17, 15) is 4.79 Å². The highest BCUT2D eigenvalue weighted by atomic mass is 16.1. The Bertz CT molecular complexity index is 157. The second-order valence-corrected chi connectivity index (χ2v) is 4.42. The fourth-order valence-corrected chi connectivity index (χ4v) is 1.63. The van der Waals surface area contributed by atoms with Gasteiger partial charge in [0.1, 0.15) is 0 Å². The lowest BCUT2D eigenvalue weighted by molar-refractivity contribution is -0.121. The van der Waals surface area contributed by atoms with Crippen LogP contribution in [0.4, 0.5) is 0 Å². The normalized spacial score (nSPS) is 12.5. The maximum atomic E-state index is 11.4. The Balaban J connectivity index is 3.38. The number of hydrogen-bond donors (Lipinski definition) is 1. The summed E-state index contributed by atoms with van der Waals surface area (Å²) in [6, 6.07) is 0.353. The summed E-state index contributed by atoms with van der Waals surface area (Å²) >= 11 is 0. The molecule has 15 heavy (non-hydrogen) atoms. The summed E-state index contributed by atoms with van der Waals surface area (Å²) in [5.41, 5.74) is 0. The Labute approximate surface area is 94.8 Å². The summed E-state index contributed by atoms with van der Waals surface area (Å²) in [6.45, 7) is 6.44. The third kappa shape index (κ3) is 9.77. The minimum atomic E-state index is 0.222. The van der Waals surface area contributed by atoms with Crippen LogP contribution in [0.3, 0.4) is 0 Å². The zero-order valence-corrected chi connectivity index (χ0v) is 10.6. The molecule has 0 aromatic rings. The van der Waals surface area contributed by atoms with Crippen LogP contribution in [0.5, 0.6) is 0 Å². The Morgan fingerprint density at radius 3 is 2.33 bits per heavy atom. The molecule has 0 aliphatic rings. The Morgan fingerprint density at radius 2 is 1.73 bits per heavy atom. The van der Waals surface area contributed by atoms with Crippen LogP contribution in [-0.2, 0) is 4.79 Å².